The Morgan fingerprint density at radius 1 is 1.04 bits per heavy atom. The van der Waals surface area contributed by atoms with Crippen LogP contribution in [0.25, 0.3) is 0 Å². The summed E-state index contributed by atoms with van der Waals surface area (Å²) in [6.07, 6.45) is 6.00. The number of rotatable bonds is 3. The maximum absolute atomic E-state index is 12.1. The number of benzene rings is 1. The van der Waals surface area contributed by atoms with Gasteiger partial charge in [0.25, 0.3) is 0 Å². The number of anilines is 1. The number of hydrogen-bond acceptors (Lipinski definition) is 3. The van der Waals surface area contributed by atoms with Gasteiger partial charge in [-0.1, -0.05) is 26.0 Å². The van der Waals surface area contributed by atoms with Gasteiger partial charge < -0.3 is 9.80 Å². The number of carbonyl (C=O) groups is 1. The zero-order valence-electron chi connectivity index (χ0n) is 15.7. The van der Waals surface area contributed by atoms with E-state index < -0.39 is 0 Å². The number of piperidine rings is 1. The van der Waals surface area contributed by atoms with Gasteiger partial charge in [0.2, 0.25) is 5.91 Å². The predicted octanol–water partition coefficient (Wildman–Crippen LogP) is 3.96. The molecule has 0 saturated carbocycles. The van der Waals surface area contributed by atoms with Gasteiger partial charge in [-0.15, -0.1) is 0 Å². The van der Waals surface area contributed by atoms with Gasteiger partial charge in [0, 0.05) is 50.2 Å². The largest absolute Gasteiger partial charge is 0.363 e. The normalized spacial score (nSPS) is 17.7. The summed E-state index contributed by atoms with van der Waals surface area (Å²) in [6.45, 7) is 7.65. The third kappa shape index (κ3) is 3.33. The lowest BCUT2D eigenvalue weighted by atomic mass is 9.89. The molecule has 1 saturated heterocycles. The number of pyridine rings is 1. The van der Waals surface area contributed by atoms with Crippen LogP contribution in [0.5, 0.6) is 0 Å². The first kappa shape index (κ1) is 17.1. The van der Waals surface area contributed by atoms with Crippen LogP contribution in [0.4, 0.5) is 5.69 Å². The molecule has 2 aliphatic rings. The minimum Gasteiger partial charge on any atom is -0.363 e. The third-order valence-electron chi connectivity index (χ3n) is 5.76. The molecule has 26 heavy (non-hydrogen) atoms. The summed E-state index contributed by atoms with van der Waals surface area (Å²) in [6, 6.07) is 11.2. The quantitative estimate of drug-likeness (QED) is 0.841. The molecule has 4 rings (SSSR count). The van der Waals surface area contributed by atoms with E-state index in [4.69, 9.17) is 0 Å². The fraction of sp³-hybridized carbons (Fsp3) is 0.455. The van der Waals surface area contributed by atoms with Crippen LogP contribution in [0, 0.1) is 5.92 Å². The molecule has 136 valence electrons. The van der Waals surface area contributed by atoms with Gasteiger partial charge >= 0.3 is 0 Å². The molecule has 4 nitrogen and oxygen atoms in total. The fourth-order valence-corrected chi connectivity index (χ4v) is 4.16. The molecule has 1 aromatic carbocycles. The van der Waals surface area contributed by atoms with Crippen molar-refractivity contribution in [1.29, 1.82) is 0 Å². The van der Waals surface area contributed by atoms with E-state index in [-0.39, 0.29) is 5.92 Å². The molecule has 1 aromatic heterocycles. The van der Waals surface area contributed by atoms with Crippen LogP contribution < -0.4 is 4.90 Å². The van der Waals surface area contributed by atoms with Gasteiger partial charge in [0.1, 0.15) is 0 Å². The van der Waals surface area contributed by atoms with Crippen molar-refractivity contribution in [1.82, 2.24) is 9.88 Å². The smallest absolute Gasteiger partial charge is 0.225 e. The summed E-state index contributed by atoms with van der Waals surface area (Å²) >= 11 is 0. The number of carbonyl (C=O) groups excluding carboxylic acids is 1. The van der Waals surface area contributed by atoms with E-state index in [0.717, 1.165) is 39.0 Å². The first-order valence-electron chi connectivity index (χ1n) is 9.67. The fourth-order valence-electron chi connectivity index (χ4n) is 4.16. The molecule has 3 heterocycles. The molecule has 0 N–H and O–H groups in total. The van der Waals surface area contributed by atoms with Crippen LogP contribution in [0.15, 0.2) is 42.7 Å². The van der Waals surface area contributed by atoms with Crippen molar-refractivity contribution in [3.63, 3.8) is 0 Å². The van der Waals surface area contributed by atoms with Gasteiger partial charge in [-0.25, -0.2) is 0 Å². The molecule has 4 heteroatoms. The van der Waals surface area contributed by atoms with Crippen molar-refractivity contribution < 1.29 is 4.79 Å². The average Bonchev–Trinajstić information content (AvgIpc) is 3.12. The lowest BCUT2D eigenvalue weighted by Crippen LogP contribution is -2.40. The Bertz CT molecular complexity index is 751. The van der Waals surface area contributed by atoms with E-state index in [2.05, 4.69) is 40.2 Å². The van der Waals surface area contributed by atoms with Crippen molar-refractivity contribution in [3.8, 4) is 0 Å². The summed E-state index contributed by atoms with van der Waals surface area (Å²) in [5.74, 6) is 0.966. The zero-order chi connectivity index (χ0) is 18.1. The molecule has 2 aliphatic heterocycles. The standard InChI is InChI=1S/C22H27N3O/c1-16(2)22(26)24-11-8-18(9-12-24)17-3-5-21(6-4-17)25-14-19-7-10-23-13-20(19)15-25/h3-7,10,13,16,18H,8-9,11-12,14-15H2,1-2H3. The Balaban J connectivity index is 1.38. The molecule has 1 amide bonds. The Morgan fingerprint density at radius 3 is 2.38 bits per heavy atom. The van der Waals surface area contributed by atoms with Crippen LogP contribution in [-0.2, 0) is 17.9 Å². The molecule has 0 spiro atoms. The summed E-state index contributed by atoms with van der Waals surface area (Å²) in [5, 5.41) is 0. The molecular formula is C22H27N3O. The maximum Gasteiger partial charge on any atom is 0.225 e. The molecule has 0 bridgehead atoms. The molecule has 0 unspecified atom stereocenters. The highest BCUT2D eigenvalue weighted by atomic mass is 16.2. The van der Waals surface area contributed by atoms with Crippen LogP contribution in [-0.4, -0.2) is 28.9 Å². The number of likely N-dealkylation sites (tertiary alicyclic amines) is 1. The summed E-state index contributed by atoms with van der Waals surface area (Å²) < 4.78 is 0. The first-order valence-corrected chi connectivity index (χ1v) is 9.67. The van der Waals surface area contributed by atoms with E-state index in [1.54, 1.807) is 0 Å². The lowest BCUT2D eigenvalue weighted by Gasteiger charge is -2.33. The molecular weight excluding hydrogens is 322 g/mol. The second-order valence-corrected chi connectivity index (χ2v) is 7.85. The van der Waals surface area contributed by atoms with Crippen molar-refractivity contribution >= 4 is 11.6 Å². The van der Waals surface area contributed by atoms with Crippen molar-refractivity contribution in [2.75, 3.05) is 18.0 Å². The maximum atomic E-state index is 12.1. The predicted molar refractivity (Wildman–Crippen MR) is 104 cm³/mol. The molecule has 0 radical (unpaired) electrons. The SMILES string of the molecule is CC(C)C(=O)N1CCC(c2ccc(N3Cc4ccncc4C3)cc2)CC1. The van der Waals surface area contributed by atoms with Gasteiger partial charge in [0.15, 0.2) is 0 Å². The summed E-state index contributed by atoms with van der Waals surface area (Å²) in [4.78, 5) is 20.8. The second-order valence-electron chi connectivity index (χ2n) is 7.85. The monoisotopic (exact) mass is 349 g/mol. The van der Waals surface area contributed by atoms with Gasteiger partial charge in [-0.3, -0.25) is 9.78 Å². The molecule has 2 aromatic rings. The number of hydrogen-bond donors (Lipinski definition) is 0. The first-order chi connectivity index (χ1) is 12.6. The van der Waals surface area contributed by atoms with E-state index in [1.165, 1.54) is 22.4 Å². The number of aromatic nitrogens is 1. The minimum atomic E-state index is 0.102. The Labute approximate surface area is 155 Å². The Hall–Kier alpha value is -2.36. The Kier molecular flexibility index (Phi) is 4.66. The van der Waals surface area contributed by atoms with Crippen molar-refractivity contribution in [2.24, 2.45) is 5.92 Å². The topological polar surface area (TPSA) is 36.4 Å². The minimum absolute atomic E-state index is 0.102. The third-order valence-corrected chi connectivity index (χ3v) is 5.76. The van der Waals surface area contributed by atoms with E-state index in [0.29, 0.717) is 11.8 Å². The van der Waals surface area contributed by atoms with Gasteiger partial charge in [0.05, 0.1) is 0 Å². The van der Waals surface area contributed by atoms with Crippen LogP contribution in [0.2, 0.25) is 0 Å². The highest BCUT2D eigenvalue weighted by Gasteiger charge is 2.25. The number of nitrogens with zero attached hydrogens (tertiary/aromatic N) is 3. The Morgan fingerprint density at radius 2 is 1.73 bits per heavy atom. The van der Waals surface area contributed by atoms with Gasteiger partial charge in [-0.2, -0.15) is 0 Å². The molecule has 0 aliphatic carbocycles. The van der Waals surface area contributed by atoms with Crippen LogP contribution in [0.3, 0.4) is 0 Å². The van der Waals surface area contributed by atoms with E-state index in [9.17, 15) is 4.79 Å². The lowest BCUT2D eigenvalue weighted by molar-refractivity contribution is -0.135. The number of amides is 1. The zero-order valence-corrected chi connectivity index (χ0v) is 15.7. The molecule has 0 atom stereocenters. The van der Waals surface area contributed by atoms with Crippen LogP contribution >= 0.6 is 0 Å². The highest BCUT2D eigenvalue weighted by molar-refractivity contribution is 5.78. The second kappa shape index (κ2) is 7.10. The van der Waals surface area contributed by atoms with Gasteiger partial charge in [-0.05, 0) is 53.6 Å². The van der Waals surface area contributed by atoms with Crippen molar-refractivity contribution in [3.05, 3.63) is 59.4 Å². The molecule has 1 fully saturated rings. The van der Waals surface area contributed by atoms with Crippen LogP contribution in [0.1, 0.15) is 49.3 Å². The van der Waals surface area contributed by atoms with E-state index in [1.807, 2.05) is 31.1 Å². The number of fused-ring (bicyclic) bond motifs is 1. The highest BCUT2D eigenvalue weighted by Crippen LogP contribution is 2.32. The van der Waals surface area contributed by atoms with Crippen molar-refractivity contribution in [2.45, 2.75) is 45.7 Å². The average molecular weight is 349 g/mol. The summed E-state index contributed by atoms with van der Waals surface area (Å²) in [7, 11) is 0. The summed E-state index contributed by atoms with van der Waals surface area (Å²) in [5.41, 5.74) is 5.39. The van der Waals surface area contributed by atoms with E-state index >= 15 is 0 Å².